The Kier molecular flexibility index (Phi) is 4.74. The lowest BCUT2D eigenvalue weighted by atomic mass is 9.95. The lowest BCUT2D eigenvalue weighted by Crippen LogP contribution is -2.19. The molecule has 3 aromatic carbocycles. The molecule has 2 nitrogen and oxygen atoms in total. The highest BCUT2D eigenvalue weighted by molar-refractivity contribution is 5.47. The molecule has 0 bridgehead atoms. The summed E-state index contributed by atoms with van der Waals surface area (Å²) < 4.78 is 0. The number of hydrogen-bond donors (Lipinski definition) is 2. The first-order valence-corrected chi connectivity index (χ1v) is 7.85. The molecule has 116 valence electrons. The quantitative estimate of drug-likeness (QED) is 0.704. The molecule has 23 heavy (non-hydrogen) atoms. The second kappa shape index (κ2) is 7.12. The average Bonchev–Trinajstić information content (AvgIpc) is 2.62. The van der Waals surface area contributed by atoms with Gasteiger partial charge in [-0.1, -0.05) is 78.4 Å². The van der Waals surface area contributed by atoms with Gasteiger partial charge in [0.15, 0.2) is 0 Å². The summed E-state index contributed by atoms with van der Waals surface area (Å²) in [5.74, 6) is 0. The topological polar surface area (TPSA) is 32.3 Å². The number of hydrogen-bond acceptors (Lipinski definition) is 2. The van der Waals surface area contributed by atoms with Crippen molar-refractivity contribution in [2.75, 3.05) is 5.32 Å². The second-order valence-corrected chi connectivity index (χ2v) is 5.75. The number of rotatable bonds is 5. The van der Waals surface area contributed by atoms with Gasteiger partial charge in [0.25, 0.3) is 0 Å². The second-order valence-electron chi connectivity index (χ2n) is 5.75. The molecule has 0 unspecified atom stereocenters. The van der Waals surface area contributed by atoms with E-state index >= 15 is 0 Å². The summed E-state index contributed by atoms with van der Waals surface area (Å²) in [5.41, 5.74) is 4.18. The maximum absolute atomic E-state index is 10.9. The summed E-state index contributed by atoms with van der Waals surface area (Å²) >= 11 is 0. The predicted molar refractivity (Wildman–Crippen MR) is 95.4 cm³/mol. The van der Waals surface area contributed by atoms with Crippen LogP contribution in [0.1, 0.15) is 28.8 Å². The van der Waals surface area contributed by atoms with Gasteiger partial charge in [0.05, 0.1) is 6.04 Å². The molecular formula is C21H21NO. The monoisotopic (exact) mass is 303 g/mol. The molecule has 0 fully saturated rings. The van der Waals surface area contributed by atoms with Gasteiger partial charge in [-0.3, -0.25) is 0 Å². The van der Waals surface area contributed by atoms with Gasteiger partial charge in [-0.15, -0.1) is 0 Å². The minimum Gasteiger partial charge on any atom is -0.386 e. The van der Waals surface area contributed by atoms with Crippen molar-refractivity contribution in [3.63, 3.8) is 0 Å². The van der Waals surface area contributed by atoms with Crippen molar-refractivity contribution in [2.45, 2.75) is 19.1 Å². The summed E-state index contributed by atoms with van der Waals surface area (Å²) in [5, 5.41) is 14.4. The number of aliphatic hydroxyl groups is 1. The first-order chi connectivity index (χ1) is 11.2. The molecular weight excluding hydrogens is 282 g/mol. The molecule has 0 aliphatic heterocycles. The average molecular weight is 303 g/mol. The highest BCUT2D eigenvalue weighted by Gasteiger charge is 2.22. The van der Waals surface area contributed by atoms with Crippen LogP contribution in [0.3, 0.4) is 0 Å². The number of aryl methyl sites for hydroxylation is 1. The third-order valence-electron chi connectivity index (χ3n) is 3.99. The van der Waals surface area contributed by atoms with Gasteiger partial charge in [-0.25, -0.2) is 0 Å². The van der Waals surface area contributed by atoms with Crippen LogP contribution in [0.2, 0.25) is 0 Å². The largest absolute Gasteiger partial charge is 0.386 e. The van der Waals surface area contributed by atoms with Crippen molar-refractivity contribution >= 4 is 5.69 Å². The summed E-state index contributed by atoms with van der Waals surface area (Å²) in [7, 11) is 0. The van der Waals surface area contributed by atoms with Crippen molar-refractivity contribution in [3.8, 4) is 0 Å². The van der Waals surface area contributed by atoms with Crippen LogP contribution in [0, 0.1) is 6.92 Å². The van der Waals surface area contributed by atoms with E-state index in [1.165, 1.54) is 5.56 Å². The fourth-order valence-corrected chi connectivity index (χ4v) is 2.68. The molecule has 0 spiro atoms. The summed E-state index contributed by atoms with van der Waals surface area (Å²) in [6, 6.07) is 27.9. The Morgan fingerprint density at radius 1 is 0.696 bits per heavy atom. The maximum atomic E-state index is 10.9. The van der Waals surface area contributed by atoms with Crippen LogP contribution < -0.4 is 5.32 Å². The summed E-state index contributed by atoms with van der Waals surface area (Å²) in [4.78, 5) is 0. The smallest absolute Gasteiger partial charge is 0.103 e. The van der Waals surface area contributed by atoms with E-state index < -0.39 is 6.10 Å². The highest BCUT2D eigenvalue weighted by atomic mass is 16.3. The van der Waals surface area contributed by atoms with Gasteiger partial charge in [0, 0.05) is 5.69 Å². The lowest BCUT2D eigenvalue weighted by molar-refractivity contribution is 0.155. The molecule has 3 rings (SSSR count). The van der Waals surface area contributed by atoms with Gasteiger partial charge in [0.2, 0.25) is 0 Å². The zero-order valence-corrected chi connectivity index (χ0v) is 13.2. The van der Waals surface area contributed by atoms with Crippen molar-refractivity contribution in [2.24, 2.45) is 0 Å². The minimum atomic E-state index is -0.625. The Morgan fingerprint density at radius 2 is 1.22 bits per heavy atom. The fourth-order valence-electron chi connectivity index (χ4n) is 2.68. The third-order valence-corrected chi connectivity index (χ3v) is 3.99. The molecule has 2 N–H and O–H groups in total. The predicted octanol–water partition coefficient (Wildman–Crippen LogP) is 4.88. The normalized spacial score (nSPS) is 13.3. The first kappa shape index (κ1) is 15.3. The Balaban J connectivity index is 1.92. The molecule has 0 radical (unpaired) electrons. The van der Waals surface area contributed by atoms with Crippen molar-refractivity contribution < 1.29 is 5.11 Å². The van der Waals surface area contributed by atoms with E-state index in [9.17, 15) is 5.11 Å². The molecule has 0 amide bonds. The van der Waals surface area contributed by atoms with Crippen LogP contribution in [-0.2, 0) is 0 Å². The van der Waals surface area contributed by atoms with Crippen LogP contribution in [0.4, 0.5) is 5.69 Å². The number of anilines is 1. The van der Waals surface area contributed by atoms with E-state index in [-0.39, 0.29) is 6.04 Å². The number of aliphatic hydroxyl groups excluding tert-OH is 1. The van der Waals surface area contributed by atoms with Crippen molar-refractivity contribution in [1.82, 2.24) is 0 Å². The standard InChI is InChI=1S/C21H21NO/c1-16-12-14-19(15-13-16)22-20(17-8-4-2-5-9-17)21(23)18-10-6-3-7-11-18/h2-15,20-23H,1H3/t20-,21+/m1/s1. The van der Waals surface area contributed by atoms with E-state index in [2.05, 4.69) is 24.4 Å². The number of benzene rings is 3. The summed E-state index contributed by atoms with van der Waals surface area (Å²) in [6.07, 6.45) is -0.625. The van der Waals surface area contributed by atoms with E-state index in [0.717, 1.165) is 16.8 Å². The maximum Gasteiger partial charge on any atom is 0.103 e. The molecule has 2 atom stereocenters. The van der Waals surface area contributed by atoms with E-state index in [0.29, 0.717) is 0 Å². The molecule has 0 saturated heterocycles. The van der Waals surface area contributed by atoms with Gasteiger partial charge in [-0.05, 0) is 30.2 Å². The first-order valence-electron chi connectivity index (χ1n) is 7.85. The number of nitrogens with one attached hydrogen (secondary N) is 1. The Labute approximate surface area is 137 Å². The van der Waals surface area contributed by atoms with Crippen molar-refractivity contribution in [1.29, 1.82) is 0 Å². The minimum absolute atomic E-state index is 0.207. The molecule has 0 aromatic heterocycles. The summed E-state index contributed by atoms with van der Waals surface area (Å²) in [6.45, 7) is 2.07. The van der Waals surface area contributed by atoms with E-state index in [1.54, 1.807) is 0 Å². The van der Waals surface area contributed by atoms with Crippen LogP contribution in [0.15, 0.2) is 84.9 Å². The van der Waals surface area contributed by atoms with Crippen LogP contribution in [0.25, 0.3) is 0 Å². The molecule has 3 aromatic rings. The van der Waals surface area contributed by atoms with Crippen LogP contribution in [-0.4, -0.2) is 5.11 Å². The zero-order chi connectivity index (χ0) is 16.1. The Hall–Kier alpha value is -2.58. The van der Waals surface area contributed by atoms with Gasteiger partial charge >= 0.3 is 0 Å². The van der Waals surface area contributed by atoms with E-state index in [4.69, 9.17) is 0 Å². The van der Waals surface area contributed by atoms with E-state index in [1.807, 2.05) is 72.8 Å². The van der Waals surface area contributed by atoms with Gasteiger partial charge < -0.3 is 10.4 Å². The third kappa shape index (κ3) is 3.79. The van der Waals surface area contributed by atoms with Crippen LogP contribution in [0.5, 0.6) is 0 Å². The van der Waals surface area contributed by atoms with Crippen LogP contribution >= 0.6 is 0 Å². The highest BCUT2D eigenvalue weighted by Crippen LogP contribution is 2.32. The zero-order valence-electron chi connectivity index (χ0n) is 13.2. The molecule has 0 aliphatic rings. The Bertz CT molecular complexity index is 723. The SMILES string of the molecule is Cc1ccc(N[C@H](c2ccccc2)[C@@H](O)c2ccccc2)cc1. The molecule has 0 heterocycles. The fraction of sp³-hybridized carbons (Fsp3) is 0.143. The Morgan fingerprint density at radius 3 is 1.78 bits per heavy atom. The van der Waals surface area contributed by atoms with Gasteiger partial charge in [-0.2, -0.15) is 0 Å². The molecule has 0 aliphatic carbocycles. The lowest BCUT2D eigenvalue weighted by Gasteiger charge is -2.26. The van der Waals surface area contributed by atoms with Gasteiger partial charge in [0.1, 0.15) is 6.10 Å². The molecule has 0 saturated carbocycles. The molecule has 2 heteroatoms. The van der Waals surface area contributed by atoms with Crippen molar-refractivity contribution in [3.05, 3.63) is 102 Å².